The van der Waals surface area contributed by atoms with E-state index in [1.165, 1.54) is 0 Å². The highest BCUT2D eigenvalue weighted by Gasteiger charge is 2.16. The molecule has 0 amide bonds. The monoisotopic (exact) mass is 179 g/mol. The van der Waals surface area contributed by atoms with E-state index in [-0.39, 0.29) is 6.10 Å². The van der Waals surface area contributed by atoms with Crippen LogP contribution in [-0.2, 0) is 0 Å². The Morgan fingerprint density at radius 3 is 2.77 bits per heavy atom. The first-order valence-corrected chi connectivity index (χ1v) is 4.75. The average molecular weight is 179 g/mol. The van der Waals surface area contributed by atoms with Crippen molar-refractivity contribution in [2.75, 3.05) is 0 Å². The second-order valence-corrected chi connectivity index (χ2v) is 3.56. The van der Waals surface area contributed by atoms with Gasteiger partial charge in [0.2, 0.25) is 0 Å². The van der Waals surface area contributed by atoms with E-state index in [4.69, 9.17) is 0 Å². The summed E-state index contributed by atoms with van der Waals surface area (Å²) in [7, 11) is 0. The molecule has 0 spiro atoms. The maximum Gasteiger partial charge on any atom is 0.0832 e. The maximum absolute atomic E-state index is 9.93. The van der Waals surface area contributed by atoms with Gasteiger partial charge < -0.3 is 5.11 Å². The van der Waals surface area contributed by atoms with Crippen LogP contribution in [0.4, 0.5) is 0 Å². The third kappa shape index (κ3) is 2.28. The number of rotatable bonds is 3. The van der Waals surface area contributed by atoms with E-state index in [0.717, 1.165) is 17.5 Å². The van der Waals surface area contributed by atoms with Crippen LogP contribution >= 0.6 is 0 Å². The first-order chi connectivity index (χ1) is 6.16. The van der Waals surface area contributed by atoms with Crippen molar-refractivity contribution in [2.24, 2.45) is 5.92 Å². The van der Waals surface area contributed by atoms with E-state index in [2.05, 4.69) is 18.8 Å². The van der Waals surface area contributed by atoms with Gasteiger partial charge in [0.1, 0.15) is 0 Å². The molecule has 0 saturated carbocycles. The molecule has 0 aliphatic rings. The van der Waals surface area contributed by atoms with Gasteiger partial charge in [0.05, 0.1) is 6.10 Å². The second-order valence-electron chi connectivity index (χ2n) is 3.56. The van der Waals surface area contributed by atoms with Crippen molar-refractivity contribution in [1.29, 1.82) is 0 Å². The zero-order valence-corrected chi connectivity index (χ0v) is 8.49. The number of aliphatic hydroxyl groups is 1. The van der Waals surface area contributed by atoms with Gasteiger partial charge in [0.25, 0.3) is 0 Å². The van der Waals surface area contributed by atoms with Crippen molar-refractivity contribution in [3.63, 3.8) is 0 Å². The lowest BCUT2D eigenvalue weighted by Crippen LogP contribution is -2.09. The molecule has 0 saturated heterocycles. The minimum atomic E-state index is -0.376. The number of nitrogens with zero attached hydrogens (tertiary/aromatic N) is 1. The van der Waals surface area contributed by atoms with Gasteiger partial charge >= 0.3 is 0 Å². The molecule has 1 rings (SSSR count). The highest BCUT2D eigenvalue weighted by Crippen LogP contribution is 2.25. The molecule has 0 fully saturated rings. The van der Waals surface area contributed by atoms with Crippen molar-refractivity contribution in [3.05, 3.63) is 29.6 Å². The van der Waals surface area contributed by atoms with Crippen LogP contribution in [0.1, 0.15) is 37.5 Å². The Bertz CT molecular complexity index is 273. The fourth-order valence-electron chi connectivity index (χ4n) is 1.32. The summed E-state index contributed by atoms with van der Waals surface area (Å²) in [4.78, 5) is 4.02. The molecular formula is C11H17NO. The summed E-state index contributed by atoms with van der Waals surface area (Å²) in [5.74, 6) is 0.294. The quantitative estimate of drug-likeness (QED) is 0.773. The SMILES string of the molecule is CCC(C)C(O)c1cnccc1C. The molecule has 2 heteroatoms. The van der Waals surface area contributed by atoms with E-state index in [9.17, 15) is 5.11 Å². The van der Waals surface area contributed by atoms with Crippen molar-refractivity contribution in [3.8, 4) is 0 Å². The summed E-state index contributed by atoms with van der Waals surface area (Å²) >= 11 is 0. The number of aliphatic hydroxyl groups excluding tert-OH is 1. The van der Waals surface area contributed by atoms with Gasteiger partial charge in [-0.2, -0.15) is 0 Å². The van der Waals surface area contributed by atoms with E-state index in [1.54, 1.807) is 12.4 Å². The van der Waals surface area contributed by atoms with Crippen molar-refractivity contribution < 1.29 is 5.11 Å². The van der Waals surface area contributed by atoms with Gasteiger partial charge in [-0.3, -0.25) is 4.98 Å². The zero-order chi connectivity index (χ0) is 9.84. The van der Waals surface area contributed by atoms with Crippen LogP contribution in [0.5, 0.6) is 0 Å². The number of hydrogen-bond donors (Lipinski definition) is 1. The predicted molar refractivity (Wildman–Crippen MR) is 53.4 cm³/mol. The van der Waals surface area contributed by atoms with E-state index < -0.39 is 0 Å². The number of aryl methyl sites for hydroxylation is 1. The highest BCUT2D eigenvalue weighted by atomic mass is 16.3. The molecule has 1 aromatic rings. The first-order valence-electron chi connectivity index (χ1n) is 4.75. The molecule has 0 aromatic carbocycles. The second kappa shape index (κ2) is 4.38. The Hall–Kier alpha value is -0.890. The molecule has 13 heavy (non-hydrogen) atoms. The summed E-state index contributed by atoms with van der Waals surface area (Å²) in [6.45, 7) is 6.14. The topological polar surface area (TPSA) is 33.1 Å². The molecule has 1 aromatic heterocycles. The van der Waals surface area contributed by atoms with Crippen LogP contribution < -0.4 is 0 Å². The Labute approximate surface area is 79.6 Å². The average Bonchev–Trinajstić information content (AvgIpc) is 2.16. The Morgan fingerprint density at radius 1 is 1.54 bits per heavy atom. The predicted octanol–water partition coefficient (Wildman–Crippen LogP) is 2.47. The van der Waals surface area contributed by atoms with Gasteiger partial charge in [-0.1, -0.05) is 20.3 Å². The molecule has 1 heterocycles. The number of pyridine rings is 1. The summed E-state index contributed by atoms with van der Waals surface area (Å²) in [5, 5.41) is 9.93. The van der Waals surface area contributed by atoms with Crippen LogP contribution in [0, 0.1) is 12.8 Å². The summed E-state index contributed by atoms with van der Waals surface area (Å²) < 4.78 is 0. The molecule has 0 bridgehead atoms. The Morgan fingerprint density at radius 2 is 2.23 bits per heavy atom. The maximum atomic E-state index is 9.93. The molecule has 2 unspecified atom stereocenters. The van der Waals surface area contributed by atoms with Crippen LogP contribution in [0.25, 0.3) is 0 Å². The van der Waals surface area contributed by atoms with Crippen molar-refractivity contribution in [2.45, 2.75) is 33.3 Å². The fourth-order valence-corrected chi connectivity index (χ4v) is 1.32. The highest BCUT2D eigenvalue weighted by molar-refractivity contribution is 5.24. The summed E-state index contributed by atoms with van der Waals surface area (Å²) in [5.41, 5.74) is 2.07. The lowest BCUT2D eigenvalue weighted by molar-refractivity contribution is 0.114. The molecular weight excluding hydrogens is 162 g/mol. The normalized spacial score (nSPS) is 15.4. The largest absolute Gasteiger partial charge is 0.388 e. The molecule has 1 N–H and O–H groups in total. The van der Waals surface area contributed by atoms with Crippen molar-refractivity contribution in [1.82, 2.24) is 4.98 Å². The lowest BCUT2D eigenvalue weighted by atomic mass is 9.94. The van der Waals surface area contributed by atoms with Gasteiger partial charge in [-0.05, 0) is 24.5 Å². The van der Waals surface area contributed by atoms with Crippen LogP contribution in [0.3, 0.4) is 0 Å². The Kier molecular flexibility index (Phi) is 3.43. The molecule has 0 radical (unpaired) electrons. The Balaban J connectivity index is 2.88. The molecule has 72 valence electrons. The zero-order valence-electron chi connectivity index (χ0n) is 8.49. The van der Waals surface area contributed by atoms with Crippen LogP contribution in [0.15, 0.2) is 18.5 Å². The van der Waals surface area contributed by atoms with Crippen molar-refractivity contribution >= 4 is 0 Å². The first kappa shape index (κ1) is 10.2. The van der Waals surface area contributed by atoms with Gasteiger partial charge in [-0.25, -0.2) is 0 Å². The third-order valence-corrected chi connectivity index (χ3v) is 2.58. The van der Waals surface area contributed by atoms with E-state index in [0.29, 0.717) is 5.92 Å². The van der Waals surface area contributed by atoms with E-state index in [1.807, 2.05) is 13.0 Å². The van der Waals surface area contributed by atoms with E-state index >= 15 is 0 Å². The smallest absolute Gasteiger partial charge is 0.0832 e. The van der Waals surface area contributed by atoms with Gasteiger partial charge in [0.15, 0.2) is 0 Å². The lowest BCUT2D eigenvalue weighted by Gasteiger charge is -2.18. The number of aromatic nitrogens is 1. The van der Waals surface area contributed by atoms with Gasteiger partial charge in [-0.15, -0.1) is 0 Å². The standard InChI is InChI=1S/C11H17NO/c1-4-8(2)11(13)10-7-12-6-5-9(10)3/h5-8,11,13H,4H2,1-3H3. The minimum absolute atomic E-state index is 0.294. The molecule has 2 atom stereocenters. The molecule has 2 nitrogen and oxygen atoms in total. The van der Waals surface area contributed by atoms with Crippen LogP contribution in [0.2, 0.25) is 0 Å². The fraction of sp³-hybridized carbons (Fsp3) is 0.545. The minimum Gasteiger partial charge on any atom is -0.388 e. The van der Waals surface area contributed by atoms with Crippen LogP contribution in [-0.4, -0.2) is 10.1 Å². The summed E-state index contributed by atoms with van der Waals surface area (Å²) in [6.07, 6.45) is 4.11. The summed E-state index contributed by atoms with van der Waals surface area (Å²) in [6, 6.07) is 1.93. The van der Waals surface area contributed by atoms with Gasteiger partial charge in [0, 0.05) is 18.0 Å². The number of hydrogen-bond acceptors (Lipinski definition) is 2. The molecule has 0 aliphatic carbocycles. The third-order valence-electron chi connectivity index (χ3n) is 2.58. The molecule has 0 aliphatic heterocycles.